The van der Waals surface area contributed by atoms with E-state index in [0.717, 1.165) is 10.0 Å². The SMILES string of the molecule is CC(CO)(CO)NCc1cc(Br)c2c(c1)OCO2. The predicted molar refractivity (Wildman–Crippen MR) is 69.7 cm³/mol. The lowest BCUT2D eigenvalue weighted by atomic mass is 10.0. The summed E-state index contributed by atoms with van der Waals surface area (Å²) in [7, 11) is 0. The normalized spacial score (nSPS) is 14.0. The minimum Gasteiger partial charge on any atom is -0.454 e. The molecule has 0 aliphatic carbocycles. The Morgan fingerprint density at radius 1 is 1.33 bits per heavy atom. The summed E-state index contributed by atoms with van der Waals surface area (Å²) in [5, 5.41) is 21.5. The monoisotopic (exact) mass is 317 g/mol. The number of ether oxygens (including phenoxy) is 2. The molecule has 1 aliphatic heterocycles. The largest absolute Gasteiger partial charge is 0.454 e. The van der Waals surface area contributed by atoms with Crippen molar-refractivity contribution in [3.63, 3.8) is 0 Å². The van der Waals surface area contributed by atoms with Gasteiger partial charge >= 0.3 is 0 Å². The van der Waals surface area contributed by atoms with Crippen LogP contribution in [0.15, 0.2) is 16.6 Å². The fourth-order valence-electron chi connectivity index (χ4n) is 1.60. The van der Waals surface area contributed by atoms with Gasteiger partial charge in [-0.2, -0.15) is 0 Å². The van der Waals surface area contributed by atoms with Gasteiger partial charge in [0.2, 0.25) is 6.79 Å². The number of halogens is 1. The summed E-state index contributed by atoms with van der Waals surface area (Å²) >= 11 is 3.42. The van der Waals surface area contributed by atoms with Crippen molar-refractivity contribution in [2.45, 2.75) is 19.0 Å². The highest BCUT2D eigenvalue weighted by atomic mass is 79.9. The third-order valence-corrected chi connectivity index (χ3v) is 3.49. The second-order valence-corrected chi connectivity index (χ2v) is 5.40. The van der Waals surface area contributed by atoms with Crippen molar-refractivity contribution in [2.75, 3.05) is 20.0 Å². The van der Waals surface area contributed by atoms with Gasteiger partial charge in [-0.3, -0.25) is 0 Å². The molecule has 1 heterocycles. The summed E-state index contributed by atoms with van der Waals surface area (Å²) in [6, 6.07) is 3.81. The van der Waals surface area contributed by atoms with Crippen LogP contribution in [0.25, 0.3) is 0 Å². The second kappa shape index (κ2) is 5.44. The molecule has 6 heteroatoms. The summed E-state index contributed by atoms with van der Waals surface area (Å²) in [4.78, 5) is 0. The van der Waals surface area contributed by atoms with Crippen LogP contribution in [0.3, 0.4) is 0 Å². The number of hydrogen-bond donors (Lipinski definition) is 3. The summed E-state index contributed by atoms with van der Waals surface area (Å²) in [6.07, 6.45) is 0. The molecule has 0 aromatic heterocycles. The average Bonchev–Trinajstić information content (AvgIpc) is 2.85. The number of aliphatic hydroxyl groups is 2. The Hall–Kier alpha value is -0.820. The Morgan fingerprint density at radius 3 is 2.72 bits per heavy atom. The van der Waals surface area contributed by atoms with E-state index in [1.165, 1.54) is 0 Å². The standard InChI is InChI=1S/C12H16BrNO4/c1-12(5-15,6-16)14-4-8-2-9(13)11-10(3-8)17-7-18-11/h2-3,14-16H,4-7H2,1H3. The van der Waals surface area contributed by atoms with Crippen molar-refractivity contribution in [1.82, 2.24) is 5.32 Å². The quantitative estimate of drug-likeness (QED) is 0.756. The van der Waals surface area contributed by atoms with Gasteiger partial charge in [-0.1, -0.05) is 0 Å². The van der Waals surface area contributed by atoms with Crippen LogP contribution in [0, 0.1) is 0 Å². The van der Waals surface area contributed by atoms with Gasteiger partial charge in [0.1, 0.15) is 0 Å². The molecule has 1 aromatic rings. The van der Waals surface area contributed by atoms with Crippen molar-refractivity contribution in [3.05, 3.63) is 22.2 Å². The van der Waals surface area contributed by atoms with Crippen LogP contribution in [0.5, 0.6) is 11.5 Å². The van der Waals surface area contributed by atoms with Gasteiger partial charge < -0.3 is 25.0 Å². The number of nitrogens with one attached hydrogen (secondary N) is 1. The molecule has 0 atom stereocenters. The molecule has 3 N–H and O–H groups in total. The van der Waals surface area contributed by atoms with Gasteiger partial charge in [-0.15, -0.1) is 0 Å². The molecule has 18 heavy (non-hydrogen) atoms. The zero-order chi connectivity index (χ0) is 13.2. The number of fused-ring (bicyclic) bond motifs is 1. The second-order valence-electron chi connectivity index (χ2n) is 4.54. The predicted octanol–water partition coefficient (Wildman–Crippen LogP) is 1.01. The maximum Gasteiger partial charge on any atom is 0.231 e. The highest BCUT2D eigenvalue weighted by Gasteiger charge is 2.22. The minimum absolute atomic E-state index is 0.130. The molecule has 5 nitrogen and oxygen atoms in total. The van der Waals surface area contributed by atoms with E-state index in [1.807, 2.05) is 12.1 Å². The van der Waals surface area contributed by atoms with E-state index in [-0.39, 0.29) is 20.0 Å². The topological polar surface area (TPSA) is 71.0 Å². The number of aliphatic hydroxyl groups excluding tert-OH is 2. The van der Waals surface area contributed by atoms with Crippen molar-refractivity contribution in [3.8, 4) is 11.5 Å². The van der Waals surface area contributed by atoms with Crippen LogP contribution in [0.4, 0.5) is 0 Å². The first-order valence-electron chi connectivity index (χ1n) is 5.63. The molecule has 0 bridgehead atoms. The number of hydrogen-bond acceptors (Lipinski definition) is 5. The molecule has 0 radical (unpaired) electrons. The van der Waals surface area contributed by atoms with Gasteiger partial charge in [-0.25, -0.2) is 0 Å². The highest BCUT2D eigenvalue weighted by molar-refractivity contribution is 9.10. The van der Waals surface area contributed by atoms with E-state index in [4.69, 9.17) is 9.47 Å². The van der Waals surface area contributed by atoms with Gasteiger partial charge in [-0.05, 0) is 40.5 Å². The third kappa shape index (κ3) is 2.77. The molecule has 100 valence electrons. The smallest absolute Gasteiger partial charge is 0.231 e. The fourth-order valence-corrected chi connectivity index (χ4v) is 2.20. The van der Waals surface area contributed by atoms with E-state index in [1.54, 1.807) is 6.92 Å². The Labute approximate surface area is 114 Å². The molecule has 0 saturated heterocycles. The summed E-state index contributed by atoms with van der Waals surface area (Å²) in [5.74, 6) is 1.42. The van der Waals surface area contributed by atoms with Gasteiger partial charge in [0.05, 0.1) is 23.2 Å². The lowest BCUT2D eigenvalue weighted by molar-refractivity contribution is 0.103. The maximum atomic E-state index is 9.20. The van der Waals surface area contributed by atoms with Crippen LogP contribution in [-0.2, 0) is 6.54 Å². The van der Waals surface area contributed by atoms with Crippen LogP contribution in [0.2, 0.25) is 0 Å². The van der Waals surface area contributed by atoms with Crippen LogP contribution >= 0.6 is 15.9 Å². The van der Waals surface area contributed by atoms with Crippen LogP contribution < -0.4 is 14.8 Å². The maximum absolute atomic E-state index is 9.20. The Morgan fingerprint density at radius 2 is 2.06 bits per heavy atom. The number of benzene rings is 1. The molecular weight excluding hydrogens is 302 g/mol. The van der Waals surface area contributed by atoms with E-state index in [0.29, 0.717) is 18.0 Å². The van der Waals surface area contributed by atoms with Crippen molar-refractivity contribution >= 4 is 15.9 Å². The first-order chi connectivity index (χ1) is 8.58. The Balaban J connectivity index is 2.09. The third-order valence-electron chi connectivity index (χ3n) is 2.90. The molecule has 0 amide bonds. The summed E-state index contributed by atoms with van der Waals surface area (Å²) in [6.45, 7) is 2.25. The minimum atomic E-state index is -0.692. The lowest BCUT2D eigenvalue weighted by Gasteiger charge is -2.26. The first-order valence-corrected chi connectivity index (χ1v) is 6.42. The van der Waals surface area contributed by atoms with Gasteiger partial charge in [0.15, 0.2) is 11.5 Å². The summed E-state index contributed by atoms with van der Waals surface area (Å²) < 4.78 is 11.5. The van der Waals surface area contributed by atoms with Gasteiger partial charge in [0.25, 0.3) is 0 Å². The van der Waals surface area contributed by atoms with E-state index in [9.17, 15) is 10.2 Å². The van der Waals surface area contributed by atoms with Crippen molar-refractivity contribution in [1.29, 1.82) is 0 Å². The summed E-state index contributed by atoms with van der Waals surface area (Å²) in [5.41, 5.74) is 0.294. The van der Waals surface area contributed by atoms with Crippen LogP contribution in [0.1, 0.15) is 12.5 Å². The van der Waals surface area contributed by atoms with E-state index < -0.39 is 5.54 Å². The number of rotatable bonds is 5. The molecule has 0 unspecified atom stereocenters. The highest BCUT2D eigenvalue weighted by Crippen LogP contribution is 2.39. The molecule has 1 aliphatic rings. The molecule has 1 aromatic carbocycles. The van der Waals surface area contributed by atoms with Crippen molar-refractivity contribution in [2.24, 2.45) is 0 Å². The Bertz CT molecular complexity index is 434. The zero-order valence-corrected chi connectivity index (χ0v) is 11.7. The Kier molecular flexibility index (Phi) is 4.11. The molecule has 0 saturated carbocycles. The average molecular weight is 318 g/mol. The van der Waals surface area contributed by atoms with Gasteiger partial charge in [0, 0.05) is 6.54 Å². The molecule has 0 spiro atoms. The van der Waals surface area contributed by atoms with Crippen LogP contribution in [-0.4, -0.2) is 35.8 Å². The van der Waals surface area contributed by atoms with E-state index >= 15 is 0 Å². The van der Waals surface area contributed by atoms with Crippen molar-refractivity contribution < 1.29 is 19.7 Å². The molecule has 2 rings (SSSR count). The molecular formula is C12H16BrNO4. The lowest BCUT2D eigenvalue weighted by Crippen LogP contribution is -2.48. The fraction of sp³-hybridized carbons (Fsp3) is 0.500. The zero-order valence-electron chi connectivity index (χ0n) is 10.1. The first kappa shape index (κ1) is 13.6. The molecule has 0 fully saturated rings. The van der Waals surface area contributed by atoms with E-state index in [2.05, 4.69) is 21.2 Å².